The number of hydrogen-bond donors (Lipinski definition) is 0. The average Bonchev–Trinajstić information content (AvgIpc) is 2.71. The molecule has 0 N–H and O–H groups in total. The lowest BCUT2D eigenvalue weighted by Gasteiger charge is -2.44. The van der Waals surface area contributed by atoms with Gasteiger partial charge in [0.15, 0.2) is 5.78 Å². The van der Waals surface area contributed by atoms with Crippen molar-refractivity contribution in [3.05, 3.63) is 58.7 Å². The molecule has 4 rings (SSSR count). The van der Waals surface area contributed by atoms with E-state index in [2.05, 4.69) is 0 Å². The molecule has 2 aromatic carbocycles. The molecule has 28 heavy (non-hydrogen) atoms. The maximum atomic E-state index is 12.8. The Labute approximate surface area is 165 Å². The second-order valence-electron chi connectivity index (χ2n) is 7.79. The molecule has 0 atom stereocenters. The quantitative estimate of drug-likeness (QED) is 0.793. The molecule has 1 spiro atoms. The third kappa shape index (κ3) is 3.15. The third-order valence-corrected chi connectivity index (χ3v) is 6.08. The molecule has 5 heteroatoms. The van der Waals surface area contributed by atoms with Gasteiger partial charge in [-0.3, -0.25) is 9.59 Å². The molecule has 1 saturated heterocycles. The highest BCUT2D eigenvalue weighted by Gasteiger charge is 2.44. The normalized spacial score (nSPS) is 17.8. The highest BCUT2D eigenvalue weighted by atomic mass is 16.5. The van der Waals surface area contributed by atoms with Crippen molar-refractivity contribution >= 4 is 11.7 Å². The van der Waals surface area contributed by atoms with Crippen LogP contribution in [0.25, 0.3) is 0 Å². The number of hydrogen-bond acceptors (Lipinski definition) is 4. The average molecular weight is 379 g/mol. The highest BCUT2D eigenvalue weighted by Crippen LogP contribution is 2.41. The molecule has 5 nitrogen and oxygen atoms in total. The predicted molar refractivity (Wildman–Crippen MR) is 106 cm³/mol. The van der Waals surface area contributed by atoms with Crippen LogP contribution < -0.4 is 9.47 Å². The summed E-state index contributed by atoms with van der Waals surface area (Å²) < 4.78 is 11.6. The fourth-order valence-electron chi connectivity index (χ4n) is 4.09. The van der Waals surface area contributed by atoms with E-state index in [0.29, 0.717) is 43.5 Å². The van der Waals surface area contributed by atoms with E-state index in [-0.39, 0.29) is 11.7 Å². The number of carbonyl (C=O) groups excluding carboxylic acids is 2. The first-order valence-electron chi connectivity index (χ1n) is 9.68. The van der Waals surface area contributed by atoms with Crippen LogP contribution in [-0.4, -0.2) is 42.4 Å². The number of Topliss-reactive ketones (excluding diaryl/α,β-unsaturated/α-hetero) is 1. The van der Waals surface area contributed by atoms with Gasteiger partial charge in [-0.1, -0.05) is 6.07 Å². The minimum absolute atomic E-state index is 0.00654. The van der Waals surface area contributed by atoms with Crippen LogP contribution in [0.3, 0.4) is 0 Å². The molecule has 2 aliphatic heterocycles. The van der Waals surface area contributed by atoms with Gasteiger partial charge in [0.05, 0.1) is 19.1 Å². The Morgan fingerprint density at radius 2 is 1.75 bits per heavy atom. The van der Waals surface area contributed by atoms with Crippen molar-refractivity contribution in [2.75, 3.05) is 20.2 Å². The number of nitrogens with zero attached hydrogens (tertiary/aromatic N) is 1. The zero-order chi connectivity index (χ0) is 19.9. The van der Waals surface area contributed by atoms with Crippen LogP contribution in [0.15, 0.2) is 36.4 Å². The van der Waals surface area contributed by atoms with Crippen LogP contribution in [0.5, 0.6) is 11.5 Å². The van der Waals surface area contributed by atoms with E-state index in [9.17, 15) is 9.59 Å². The molecule has 0 saturated carbocycles. The molecule has 0 bridgehead atoms. The van der Waals surface area contributed by atoms with Crippen LogP contribution in [0, 0.1) is 13.8 Å². The Morgan fingerprint density at radius 3 is 2.39 bits per heavy atom. The smallest absolute Gasteiger partial charge is 0.253 e. The minimum Gasteiger partial charge on any atom is -0.497 e. The SMILES string of the molecule is COc1ccc(C(=O)N2CCC3(CC2)CC(=O)c2ccc(C)c(C)c2O3)cc1. The van der Waals surface area contributed by atoms with Gasteiger partial charge >= 0.3 is 0 Å². The van der Waals surface area contributed by atoms with Crippen molar-refractivity contribution in [1.29, 1.82) is 0 Å². The second-order valence-corrected chi connectivity index (χ2v) is 7.79. The van der Waals surface area contributed by atoms with Crippen molar-refractivity contribution in [3.63, 3.8) is 0 Å². The highest BCUT2D eigenvalue weighted by molar-refractivity contribution is 6.01. The van der Waals surface area contributed by atoms with Gasteiger partial charge in [-0.15, -0.1) is 0 Å². The van der Waals surface area contributed by atoms with Gasteiger partial charge in [-0.05, 0) is 55.3 Å². The predicted octanol–water partition coefficient (Wildman–Crippen LogP) is 3.95. The van der Waals surface area contributed by atoms with Crippen molar-refractivity contribution < 1.29 is 19.1 Å². The number of carbonyl (C=O) groups is 2. The second kappa shape index (κ2) is 6.97. The molecular weight excluding hydrogens is 354 g/mol. The monoisotopic (exact) mass is 379 g/mol. The van der Waals surface area contributed by atoms with Crippen LogP contribution >= 0.6 is 0 Å². The van der Waals surface area contributed by atoms with Gasteiger partial charge in [-0.2, -0.15) is 0 Å². The van der Waals surface area contributed by atoms with E-state index >= 15 is 0 Å². The van der Waals surface area contributed by atoms with Gasteiger partial charge in [0.1, 0.15) is 17.1 Å². The number of aryl methyl sites for hydroxylation is 1. The molecule has 146 valence electrons. The summed E-state index contributed by atoms with van der Waals surface area (Å²) in [6.07, 6.45) is 1.70. The number of ether oxygens (including phenoxy) is 2. The number of rotatable bonds is 2. The molecule has 2 heterocycles. The zero-order valence-electron chi connectivity index (χ0n) is 16.6. The summed E-state index contributed by atoms with van der Waals surface area (Å²) in [5.41, 5.74) is 2.98. The number of methoxy groups -OCH3 is 1. The molecular formula is C23H25NO4. The molecule has 0 aromatic heterocycles. The van der Waals surface area contributed by atoms with Gasteiger partial charge in [-0.25, -0.2) is 0 Å². The largest absolute Gasteiger partial charge is 0.497 e. The fourth-order valence-corrected chi connectivity index (χ4v) is 4.09. The molecule has 0 aliphatic carbocycles. The van der Waals surface area contributed by atoms with Crippen LogP contribution in [0.4, 0.5) is 0 Å². The van der Waals surface area contributed by atoms with Crippen LogP contribution in [0.2, 0.25) is 0 Å². The standard InChI is InChI=1S/C23H25NO4/c1-15-4-9-19-20(25)14-23(28-21(19)16(15)2)10-12-24(13-11-23)22(26)17-5-7-18(27-3)8-6-17/h4-9H,10-14H2,1-3H3. The van der Waals surface area contributed by atoms with Crippen molar-refractivity contribution in [3.8, 4) is 11.5 Å². The van der Waals surface area contributed by atoms with Crippen molar-refractivity contribution in [2.45, 2.75) is 38.7 Å². The van der Waals surface area contributed by atoms with Gasteiger partial charge < -0.3 is 14.4 Å². The van der Waals surface area contributed by atoms with E-state index < -0.39 is 5.60 Å². The van der Waals surface area contributed by atoms with E-state index in [0.717, 1.165) is 22.6 Å². The summed E-state index contributed by atoms with van der Waals surface area (Å²) >= 11 is 0. The summed E-state index contributed by atoms with van der Waals surface area (Å²) in [5.74, 6) is 1.60. The molecule has 2 aromatic rings. The van der Waals surface area contributed by atoms with E-state index in [1.165, 1.54) is 0 Å². The summed E-state index contributed by atoms with van der Waals surface area (Å²) in [6.45, 7) is 5.19. The Hall–Kier alpha value is -2.82. The number of piperidine rings is 1. The first-order chi connectivity index (χ1) is 13.4. The molecule has 1 fully saturated rings. The number of ketones is 1. The Morgan fingerprint density at radius 1 is 1.07 bits per heavy atom. The van der Waals surface area contributed by atoms with Gasteiger partial charge in [0.25, 0.3) is 5.91 Å². The number of fused-ring (bicyclic) bond motifs is 1. The van der Waals surface area contributed by atoms with Crippen LogP contribution in [0.1, 0.15) is 51.1 Å². The number of benzene rings is 2. The van der Waals surface area contributed by atoms with Crippen LogP contribution in [-0.2, 0) is 0 Å². The third-order valence-electron chi connectivity index (χ3n) is 6.08. The lowest BCUT2D eigenvalue weighted by Crippen LogP contribution is -2.52. The molecule has 2 aliphatic rings. The maximum absolute atomic E-state index is 12.8. The van der Waals surface area contributed by atoms with E-state index in [1.807, 2.05) is 30.9 Å². The van der Waals surface area contributed by atoms with Crippen molar-refractivity contribution in [1.82, 2.24) is 4.90 Å². The molecule has 1 amide bonds. The van der Waals surface area contributed by atoms with E-state index in [1.54, 1.807) is 31.4 Å². The Bertz CT molecular complexity index is 924. The minimum atomic E-state index is -0.501. The fraction of sp³-hybridized carbons (Fsp3) is 0.391. The first-order valence-corrected chi connectivity index (χ1v) is 9.68. The number of likely N-dealkylation sites (tertiary alicyclic amines) is 1. The zero-order valence-corrected chi connectivity index (χ0v) is 16.6. The Balaban J connectivity index is 1.49. The van der Waals surface area contributed by atoms with Gasteiger partial charge in [0, 0.05) is 31.5 Å². The van der Waals surface area contributed by atoms with Crippen molar-refractivity contribution in [2.24, 2.45) is 0 Å². The summed E-state index contributed by atoms with van der Waals surface area (Å²) in [7, 11) is 1.60. The summed E-state index contributed by atoms with van der Waals surface area (Å²) in [4.78, 5) is 27.4. The Kier molecular flexibility index (Phi) is 4.61. The maximum Gasteiger partial charge on any atom is 0.253 e. The summed E-state index contributed by atoms with van der Waals surface area (Å²) in [5, 5.41) is 0. The molecule has 0 radical (unpaired) electrons. The first kappa shape index (κ1) is 18.5. The van der Waals surface area contributed by atoms with E-state index in [4.69, 9.17) is 9.47 Å². The summed E-state index contributed by atoms with van der Waals surface area (Å²) in [6, 6.07) is 11.0. The lowest BCUT2D eigenvalue weighted by molar-refractivity contribution is -0.00620. The molecule has 0 unspecified atom stereocenters. The lowest BCUT2D eigenvalue weighted by atomic mass is 9.81. The topological polar surface area (TPSA) is 55.8 Å². The van der Waals surface area contributed by atoms with Gasteiger partial charge in [0.2, 0.25) is 0 Å². The number of amides is 1.